The van der Waals surface area contributed by atoms with Gasteiger partial charge in [0.05, 0.1) is 21.4 Å². The molecule has 0 radical (unpaired) electrons. The first-order chi connectivity index (χ1) is 25.3. The number of aromatic nitrogens is 1. The summed E-state index contributed by atoms with van der Waals surface area (Å²) < 4.78 is 7.77. The third kappa shape index (κ3) is 4.39. The molecule has 0 aliphatic carbocycles. The lowest BCUT2D eigenvalue weighted by Gasteiger charge is -2.11. The molecule has 11 rings (SSSR count). The number of fused-ring (bicyclic) bond motifs is 9. The molecule has 0 unspecified atom stereocenters. The zero-order valence-electron chi connectivity index (χ0n) is 27.5. The number of hydrogen-bond acceptors (Lipinski definition) is 2. The molecule has 3 aromatic heterocycles. The Labute approximate surface area is 302 Å². The standard InChI is InChI=1S/C48H29NS2/c1-3-13-30(14-4-1)32-25-26-42-39(27-32)35-17-7-9-21-41(35)49(42)43-22-11-20-36-40-29-33(28-38(47(40)51-48(36)43)31-15-5-2-6-16-31)34-19-12-24-45-46(34)37-18-8-10-23-44(37)50-45/h1-29H. The van der Waals surface area contributed by atoms with Crippen molar-refractivity contribution in [3.05, 3.63) is 176 Å². The van der Waals surface area contributed by atoms with Crippen LogP contribution in [-0.4, -0.2) is 4.57 Å². The largest absolute Gasteiger partial charge is 0.308 e. The summed E-state index contributed by atoms with van der Waals surface area (Å²) in [6.07, 6.45) is 0. The molecule has 0 aliphatic heterocycles. The minimum absolute atomic E-state index is 1.22. The van der Waals surface area contributed by atoms with Gasteiger partial charge in [0.2, 0.25) is 0 Å². The Balaban J connectivity index is 1.21. The van der Waals surface area contributed by atoms with Crippen LogP contribution in [0.5, 0.6) is 0 Å². The van der Waals surface area contributed by atoms with Crippen LogP contribution in [0.1, 0.15) is 0 Å². The molecule has 0 amide bonds. The third-order valence-electron chi connectivity index (χ3n) is 10.4. The number of para-hydroxylation sites is 1. The van der Waals surface area contributed by atoms with Crippen molar-refractivity contribution in [3.63, 3.8) is 0 Å². The highest BCUT2D eigenvalue weighted by Gasteiger charge is 2.20. The van der Waals surface area contributed by atoms with Gasteiger partial charge >= 0.3 is 0 Å². The average Bonchev–Trinajstić information content (AvgIpc) is 3.88. The van der Waals surface area contributed by atoms with Gasteiger partial charge in [-0.3, -0.25) is 0 Å². The van der Waals surface area contributed by atoms with Crippen LogP contribution in [0.2, 0.25) is 0 Å². The number of rotatable bonds is 4. The lowest BCUT2D eigenvalue weighted by molar-refractivity contribution is 1.20. The van der Waals surface area contributed by atoms with Crippen LogP contribution in [0.25, 0.3) is 101 Å². The van der Waals surface area contributed by atoms with Gasteiger partial charge < -0.3 is 4.57 Å². The predicted molar refractivity (Wildman–Crippen MR) is 223 cm³/mol. The summed E-state index contributed by atoms with van der Waals surface area (Å²) >= 11 is 3.80. The van der Waals surface area contributed by atoms with Crippen molar-refractivity contribution in [2.75, 3.05) is 0 Å². The van der Waals surface area contributed by atoms with Crippen LogP contribution in [0, 0.1) is 0 Å². The fourth-order valence-electron chi connectivity index (χ4n) is 8.11. The molecule has 0 saturated heterocycles. The first kappa shape index (κ1) is 28.8. The number of benzene rings is 8. The molecule has 0 N–H and O–H groups in total. The monoisotopic (exact) mass is 683 g/mol. The van der Waals surface area contributed by atoms with Gasteiger partial charge in [-0.15, -0.1) is 22.7 Å². The van der Waals surface area contributed by atoms with Gasteiger partial charge in [-0.2, -0.15) is 0 Å². The Kier molecular flexibility index (Phi) is 6.36. The van der Waals surface area contributed by atoms with Crippen molar-refractivity contribution in [1.29, 1.82) is 0 Å². The minimum atomic E-state index is 1.22. The Morgan fingerprint density at radius 2 is 1.00 bits per heavy atom. The van der Waals surface area contributed by atoms with E-state index in [9.17, 15) is 0 Å². The third-order valence-corrected chi connectivity index (χ3v) is 12.8. The highest BCUT2D eigenvalue weighted by molar-refractivity contribution is 7.27. The molecule has 8 aromatic carbocycles. The van der Waals surface area contributed by atoms with Crippen molar-refractivity contribution >= 4 is 84.8 Å². The van der Waals surface area contributed by atoms with Crippen LogP contribution < -0.4 is 0 Å². The van der Waals surface area contributed by atoms with Crippen molar-refractivity contribution in [3.8, 4) is 39.1 Å². The van der Waals surface area contributed by atoms with E-state index in [0.29, 0.717) is 0 Å². The molecule has 0 fully saturated rings. The molecule has 0 spiro atoms. The van der Waals surface area contributed by atoms with Gasteiger partial charge in [-0.25, -0.2) is 0 Å². The molecule has 0 saturated carbocycles. The first-order valence-corrected chi connectivity index (χ1v) is 19.0. The quantitative estimate of drug-likeness (QED) is 0.174. The van der Waals surface area contributed by atoms with Crippen LogP contribution in [-0.2, 0) is 0 Å². The van der Waals surface area contributed by atoms with E-state index in [0.717, 1.165) is 0 Å². The van der Waals surface area contributed by atoms with Gasteiger partial charge in [-0.1, -0.05) is 127 Å². The minimum Gasteiger partial charge on any atom is -0.308 e. The lowest BCUT2D eigenvalue weighted by atomic mass is 9.93. The van der Waals surface area contributed by atoms with Gasteiger partial charge in [0.25, 0.3) is 0 Å². The smallest absolute Gasteiger partial charge is 0.0640 e. The zero-order chi connectivity index (χ0) is 33.5. The van der Waals surface area contributed by atoms with Crippen LogP contribution in [0.4, 0.5) is 0 Å². The van der Waals surface area contributed by atoms with Gasteiger partial charge in [0, 0.05) is 52.0 Å². The van der Waals surface area contributed by atoms with Crippen molar-refractivity contribution in [2.24, 2.45) is 0 Å². The lowest BCUT2D eigenvalue weighted by Crippen LogP contribution is -1.93. The summed E-state index contributed by atoms with van der Waals surface area (Å²) in [5.74, 6) is 0. The van der Waals surface area contributed by atoms with E-state index in [-0.39, 0.29) is 0 Å². The van der Waals surface area contributed by atoms with E-state index in [4.69, 9.17) is 0 Å². The van der Waals surface area contributed by atoms with Crippen molar-refractivity contribution < 1.29 is 0 Å². The maximum absolute atomic E-state index is 2.48. The number of nitrogens with zero attached hydrogens (tertiary/aromatic N) is 1. The highest BCUT2D eigenvalue weighted by Crippen LogP contribution is 2.48. The molecular formula is C48H29NS2. The molecule has 0 atom stereocenters. The maximum atomic E-state index is 2.48. The topological polar surface area (TPSA) is 4.93 Å². The molecule has 3 heterocycles. The normalized spacial score (nSPS) is 11.9. The van der Waals surface area contributed by atoms with Crippen molar-refractivity contribution in [1.82, 2.24) is 4.57 Å². The number of thiophene rings is 2. The first-order valence-electron chi connectivity index (χ1n) is 17.3. The van der Waals surface area contributed by atoms with Crippen LogP contribution in [0.15, 0.2) is 176 Å². The molecule has 3 heteroatoms. The van der Waals surface area contributed by atoms with Gasteiger partial charge in [-0.05, 0) is 76.3 Å². The van der Waals surface area contributed by atoms with Crippen molar-refractivity contribution in [2.45, 2.75) is 0 Å². The predicted octanol–water partition coefficient (Wildman–Crippen LogP) is 14.5. The summed E-state index contributed by atoms with van der Waals surface area (Å²) in [4.78, 5) is 0. The molecule has 1 nitrogen and oxygen atoms in total. The van der Waals surface area contributed by atoms with E-state index in [2.05, 4.69) is 180 Å². The summed E-state index contributed by atoms with van der Waals surface area (Å²) in [5, 5.41) is 7.81. The van der Waals surface area contributed by atoms with Gasteiger partial charge in [0.15, 0.2) is 0 Å². The summed E-state index contributed by atoms with van der Waals surface area (Å²) in [6.45, 7) is 0. The van der Waals surface area contributed by atoms with Crippen LogP contribution in [0.3, 0.4) is 0 Å². The van der Waals surface area contributed by atoms with E-state index in [1.165, 1.54) is 101 Å². The second-order valence-electron chi connectivity index (χ2n) is 13.2. The Hall–Kier alpha value is -6.00. The second-order valence-corrected chi connectivity index (χ2v) is 15.4. The average molecular weight is 684 g/mol. The highest BCUT2D eigenvalue weighted by atomic mass is 32.1. The van der Waals surface area contributed by atoms with E-state index >= 15 is 0 Å². The number of hydrogen-bond donors (Lipinski definition) is 0. The van der Waals surface area contributed by atoms with Gasteiger partial charge in [0.1, 0.15) is 0 Å². The second kappa shape index (κ2) is 11.3. The summed E-state index contributed by atoms with van der Waals surface area (Å²) in [6, 6.07) is 64.8. The zero-order valence-corrected chi connectivity index (χ0v) is 29.1. The Morgan fingerprint density at radius 3 is 1.86 bits per heavy atom. The summed E-state index contributed by atoms with van der Waals surface area (Å²) in [5.41, 5.74) is 11.2. The fraction of sp³-hybridized carbons (Fsp3) is 0. The molecule has 0 aliphatic rings. The van der Waals surface area contributed by atoms with E-state index in [1.54, 1.807) is 0 Å². The molecule has 0 bridgehead atoms. The Morgan fingerprint density at radius 1 is 0.333 bits per heavy atom. The molecule has 51 heavy (non-hydrogen) atoms. The maximum Gasteiger partial charge on any atom is 0.0640 e. The molecule has 11 aromatic rings. The van der Waals surface area contributed by atoms with E-state index in [1.807, 2.05) is 22.7 Å². The Bertz CT molecular complexity index is 3130. The summed E-state index contributed by atoms with van der Waals surface area (Å²) in [7, 11) is 0. The fourth-order valence-corrected chi connectivity index (χ4v) is 10.6. The molecule has 238 valence electrons. The molecular weight excluding hydrogens is 655 g/mol. The SMILES string of the molecule is c1ccc(-c2ccc3c(c2)c2ccccc2n3-c2cccc3c2sc2c(-c4ccccc4)cc(-c4cccc5sc6ccccc6c45)cc23)cc1. The van der Waals surface area contributed by atoms with E-state index < -0.39 is 0 Å². The van der Waals surface area contributed by atoms with Crippen LogP contribution >= 0.6 is 22.7 Å².